The molecule has 4 aromatic rings. The Labute approximate surface area is 221 Å². The zero-order valence-electron chi connectivity index (χ0n) is 20.9. The maximum Gasteiger partial charge on any atom is 0.303 e. The number of aliphatic carboxylic acids is 1. The second-order valence-corrected chi connectivity index (χ2v) is 10.7. The van der Waals surface area contributed by atoms with E-state index in [-0.39, 0.29) is 12.3 Å². The van der Waals surface area contributed by atoms with Crippen molar-refractivity contribution >= 4 is 34.1 Å². The van der Waals surface area contributed by atoms with Crippen molar-refractivity contribution in [2.24, 2.45) is 5.92 Å². The first-order valence-electron chi connectivity index (χ1n) is 12.7. The van der Waals surface area contributed by atoms with Gasteiger partial charge in [-0.15, -0.1) is 0 Å². The highest BCUT2D eigenvalue weighted by Gasteiger charge is 2.29. The van der Waals surface area contributed by atoms with Gasteiger partial charge in [-0.3, -0.25) is 4.79 Å². The topological polar surface area (TPSA) is 91.2 Å². The molecule has 7 nitrogen and oxygen atoms in total. The minimum Gasteiger partial charge on any atom is -0.481 e. The van der Waals surface area contributed by atoms with Gasteiger partial charge in [-0.1, -0.05) is 47.7 Å². The van der Waals surface area contributed by atoms with Gasteiger partial charge in [-0.05, 0) is 73.9 Å². The zero-order chi connectivity index (χ0) is 25.6. The average Bonchev–Trinajstić information content (AvgIpc) is 3.39. The second-order valence-electron chi connectivity index (χ2n) is 9.64. The number of anilines is 3. The summed E-state index contributed by atoms with van der Waals surface area (Å²) in [6.45, 7) is 2.81. The number of thiazole rings is 1. The molecule has 0 unspecified atom stereocenters. The number of carbonyl (C=O) groups is 1. The Morgan fingerprint density at radius 1 is 1.03 bits per heavy atom. The van der Waals surface area contributed by atoms with E-state index in [1.807, 2.05) is 49.5 Å². The van der Waals surface area contributed by atoms with Crippen LogP contribution in [0.15, 0.2) is 73.1 Å². The number of carboxylic acids is 1. The Bertz CT molecular complexity index is 1330. The quantitative estimate of drug-likeness (QED) is 0.257. The van der Waals surface area contributed by atoms with E-state index >= 15 is 0 Å². The van der Waals surface area contributed by atoms with Gasteiger partial charge in [0.2, 0.25) is 0 Å². The number of benzene rings is 1. The van der Waals surface area contributed by atoms with Gasteiger partial charge < -0.3 is 15.3 Å². The summed E-state index contributed by atoms with van der Waals surface area (Å²) in [6, 6.07) is 20.7. The van der Waals surface area contributed by atoms with Crippen LogP contribution in [-0.2, 0) is 11.3 Å². The third-order valence-corrected chi connectivity index (χ3v) is 7.89. The van der Waals surface area contributed by atoms with E-state index < -0.39 is 5.97 Å². The van der Waals surface area contributed by atoms with Crippen LogP contribution in [0, 0.1) is 12.8 Å². The average molecular weight is 514 g/mol. The van der Waals surface area contributed by atoms with Crippen LogP contribution >= 0.6 is 11.3 Å². The summed E-state index contributed by atoms with van der Waals surface area (Å²) in [6.07, 6.45) is 7.77. The minimum atomic E-state index is -0.698. The van der Waals surface area contributed by atoms with E-state index in [1.165, 1.54) is 5.56 Å². The molecule has 1 aliphatic carbocycles. The van der Waals surface area contributed by atoms with E-state index in [0.29, 0.717) is 6.04 Å². The first-order chi connectivity index (χ1) is 18.0. The summed E-state index contributed by atoms with van der Waals surface area (Å²) in [7, 11) is 0. The highest BCUT2D eigenvalue weighted by Crippen LogP contribution is 2.37. The van der Waals surface area contributed by atoms with Crippen molar-refractivity contribution in [1.82, 2.24) is 15.0 Å². The molecule has 5 rings (SSSR count). The molecular formula is C29H31N5O2S. The molecular weight excluding hydrogens is 482 g/mol. The van der Waals surface area contributed by atoms with Crippen molar-refractivity contribution in [2.75, 3.05) is 10.2 Å². The number of pyridine rings is 2. The van der Waals surface area contributed by atoms with Crippen molar-refractivity contribution in [3.8, 4) is 10.6 Å². The lowest BCUT2D eigenvalue weighted by molar-refractivity contribution is -0.138. The lowest BCUT2D eigenvalue weighted by Gasteiger charge is -2.36. The number of rotatable bonds is 9. The monoisotopic (exact) mass is 513 g/mol. The number of aromatic nitrogens is 3. The third-order valence-electron chi connectivity index (χ3n) is 6.83. The maximum atomic E-state index is 11.2. The predicted molar refractivity (Wildman–Crippen MR) is 148 cm³/mol. The summed E-state index contributed by atoms with van der Waals surface area (Å²) < 4.78 is 0. The van der Waals surface area contributed by atoms with E-state index in [0.717, 1.165) is 65.1 Å². The molecule has 0 bridgehead atoms. The summed E-state index contributed by atoms with van der Waals surface area (Å²) in [5, 5.41) is 13.5. The first-order valence-corrected chi connectivity index (χ1v) is 13.5. The molecule has 0 radical (unpaired) electrons. The molecule has 8 heteroatoms. The molecule has 3 heterocycles. The number of carboxylic acid groups (broad SMARTS) is 1. The molecule has 1 fully saturated rings. The Morgan fingerprint density at radius 2 is 1.84 bits per heavy atom. The standard InChI is InChI=1S/C29H31N5O2S/c1-20-14-15-30-27(16-20)33-26-9-5-8-24(32-26)25-18-31-29(37-25)34(19-22-6-3-2-4-7-22)23-12-10-21(11-13-23)17-28(35)36/h2-9,14-16,18,21,23H,10-13,17,19H2,1H3,(H,35,36)(H,30,32,33)/t21-,23+. The van der Waals surface area contributed by atoms with Gasteiger partial charge in [0.1, 0.15) is 11.6 Å². The van der Waals surface area contributed by atoms with Crippen molar-refractivity contribution in [2.45, 2.75) is 51.6 Å². The van der Waals surface area contributed by atoms with Crippen molar-refractivity contribution in [3.05, 3.63) is 84.2 Å². The van der Waals surface area contributed by atoms with E-state index in [1.54, 1.807) is 17.5 Å². The number of hydrogen-bond acceptors (Lipinski definition) is 7. The fraction of sp³-hybridized carbons (Fsp3) is 0.310. The van der Waals surface area contributed by atoms with Crippen molar-refractivity contribution in [1.29, 1.82) is 0 Å². The van der Waals surface area contributed by atoms with Crippen LogP contribution in [0.5, 0.6) is 0 Å². The van der Waals surface area contributed by atoms with Crippen LogP contribution in [0.3, 0.4) is 0 Å². The summed E-state index contributed by atoms with van der Waals surface area (Å²) in [4.78, 5) is 28.6. The van der Waals surface area contributed by atoms with Gasteiger partial charge in [-0.25, -0.2) is 15.0 Å². The predicted octanol–water partition coefficient (Wildman–Crippen LogP) is 6.69. The fourth-order valence-electron chi connectivity index (χ4n) is 4.93. The molecule has 190 valence electrons. The van der Waals surface area contributed by atoms with Gasteiger partial charge in [0, 0.05) is 31.4 Å². The molecule has 0 spiro atoms. The van der Waals surface area contributed by atoms with Crippen LogP contribution in [-0.4, -0.2) is 32.1 Å². The smallest absolute Gasteiger partial charge is 0.303 e. The number of aryl methyl sites for hydroxylation is 1. The normalized spacial score (nSPS) is 17.3. The van der Waals surface area contributed by atoms with Gasteiger partial charge in [0.15, 0.2) is 5.13 Å². The lowest BCUT2D eigenvalue weighted by atomic mass is 9.83. The molecule has 0 aliphatic heterocycles. The second kappa shape index (κ2) is 11.5. The molecule has 0 saturated heterocycles. The summed E-state index contributed by atoms with van der Waals surface area (Å²) in [5.74, 6) is 1.07. The number of nitrogens with zero attached hydrogens (tertiary/aromatic N) is 4. The molecule has 1 aliphatic rings. The zero-order valence-corrected chi connectivity index (χ0v) is 21.7. The van der Waals surface area contributed by atoms with Crippen LogP contribution in [0.2, 0.25) is 0 Å². The highest BCUT2D eigenvalue weighted by molar-refractivity contribution is 7.18. The van der Waals surface area contributed by atoms with Crippen molar-refractivity contribution < 1.29 is 9.90 Å². The molecule has 3 aromatic heterocycles. The summed E-state index contributed by atoms with van der Waals surface area (Å²) >= 11 is 1.65. The van der Waals surface area contributed by atoms with Crippen LogP contribution in [0.25, 0.3) is 10.6 Å². The van der Waals surface area contributed by atoms with Crippen LogP contribution in [0.4, 0.5) is 16.8 Å². The lowest BCUT2D eigenvalue weighted by Crippen LogP contribution is -2.38. The number of hydrogen-bond donors (Lipinski definition) is 2. The first kappa shape index (κ1) is 24.9. The Hall–Kier alpha value is -3.78. The van der Waals surface area contributed by atoms with Crippen LogP contribution in [0.1, 0.15) is 43.2 Å². The van der Waals surface area contributed by atoms with Gasteiger partial charge >= 0.3 is 5.97 Å². The maximum absolute atomic E-state index is 11.2. The van der Waals surface area contributed by atoms with E-state index in [4.69, 9.17) is 9.97 Å². The Balaban J connectivity index is 1.36. The molecule has 0 amide bonds. The molecule has 1 aromatic carbocycles. The minimum absolute atomic E-state index is 0.265. The third kappa shape index (κ3) is 6.51. The van der Waals surface area contributed by atoms with Gasteiger partial charge in [0.25, 0.3) is 0 Å². The molecule has 37 heavy (non-hydrogen) atoms. The van der Waals surface area contributed by atoms with Crippen LogP contribution < -0.4 is 10.2 Å². The van der Waals surface area contributed by atoms with Gasteiger partial charge in [0.05, 0.1) is 10.6 Å². The molecule has 2 N–H and O–H groups in total. The fourth-order valence-corrected chi connectivity index (χ4v) is 5.89. The molecule has 1 saturated carbocycles. The van der Waals surface area contributed by atoms with E-state index in [9.17, 15) is 9.90 Å². The Morgan fingerprint density at radius 3 is 2.59 bits per heavy atom. The largest absolute Gasteiger partial charge is 0.481 e. The van der Waals surface area contributed by atoms with Gasteiger partial charge in [-0.2, -0.15) is 0 Å². The molecule has 0 atom stereocenters. The Kier molecular flexibility index (Phi) is 7.75. The van der Waals surface area contributed by atoms with Crippen molar-refractivity contribution in [3.63, 3.8) is 0 Å². The highest BCUT2D eigenvalue weighted by atomic mass is 32.1. The summed E-state index contributed by atoms with van der Waals surface area (Å²) in [5.41, 5.74) is 3.24. The number of nitrogens with one attached hydrogen (secondary N) is 1. The SMILES string of the molecule is Cc1ccnc(Nc2cccc(-c3cnc(N(Cc4ccccc4)[C@H]4CC[C@@H](CC(=O)O)CC4)s3)n2)c1. The van der Waals surface area contributed by atoms with E-state index in [2.05, 4.69) is 39.5 Å².